The normalized spacial score (nSPS) is 19.2. The minimum Gasteiger partial charge on any atom is -0.464 e. The average molecular weight is 274 g/mol. The minimum atomic E-state index is -0.329. The first kappa shape index (κ1) is 12.9. The Hall–Kier alpha value is -2.08. The van der Waals surface area contributed by atoms with Crippen molar-refractivity contribution < 1.29 is 9.53 Å². The van der Waals surface area contributed by atoms with Gasteiger partial charge in [0.15, 0.2) is 0 Å². The van der Waals surface area contributed by atoms with Crippen molar-refractivity contribution in [2.24, 2.45) is 0 Å². The van der Waals surface area contributed by atoms with Gasteiger partial charge in [0.25, 0.3) is 0 Å². The van der Waals surface area contributed by atoms with Gasteiger partial charge in [0.05, 0.1) is 17.6 Å². The van der Waals surface area contributed by atoms with Gasteiger partial charge in [0, 0.05) is 19.6 Å². The van der Waals surface area contributed by atoms with Gasteiger partial charge in [0.2, 0.25) is 5.95 Å². The number of nitrogens with one attached hydrogen (secondary N) is 2. The highest BCUT2D eigenvalue weighted by Crippen LogP contribution is 2.20. The number of fused-ring (bicyclic) bond motifs is 1. The van der Waals surface area contributed by atoms with Crippen LogP contribution >= 0.6 is 0 Å². The number of piperazine rings is 1. The molecule has 1 saturated heterocycles. The molecule has 0 saturated carbocycles. The molecule has 1 unspecified atom stereocenters. The van der Waals surface area contributed by atoms with Gasteiger partial charge >= 0.3 is 5.97 Å². The summed E-state index contributed by atoms with van der Waals surface area (Å²) in [5, 5.41) is 3.22. The van der Waals surface area contributed by atoms with E-state index in [0.717, 1.165) is 30.1 Å². The summed E-state index contributed by atoms with van der Waals surface area (Å²) in [6.45, 7) is 4.34. The molecule has 6 nitrogen and oxygen atoms in total. The van der Waals surface area contributed by atoms with Crippen LogP contribution < -0.4 is 10.2 Å². The summed E-state index contributed by atoms with van der Waals surface area (Å²) in [7, 11) is 0. The Morgan fingerprint density at radius 2 is 2.35 bits per heavy atom. The fraction of sp³-hybridized carbons (Fsp3) is 0.429. The van der Waals surface area contributed by atoms with E-state index in [0.29, 0.717) is 13.2 Å². The molecule has 0 aliphatic carbocycles. The molecule has 0 spiro atoms. The number of ether oxygens (including phenoxy) is 1. The molecule has 106 valence electrons. The van der Waals surface area contributed by atoms with Crippen molar-refractivity contribution in [3.63, 3.8) is 0 Å². The van der Waals surface area contributed by atoms with E-state index in [1.807, 2.05) is 36.1 Å². The predicted octanol–water partition coefficient (Wildman–Crippen LogP) is 0.904. The van der Waals surface area contributed by atoms with Gasteiger partial charge in [-0.3, -0.25) is 0 Å². The number of hydrogen-bond donors (Lipinski definition) is 2. The Morgan fingerprint density at radius 1 is 1.50 bits per heavy atom. The predicted molar refractivity (Wildman–Crippen MR) is 76.7 cm³/mol. The summed E-state index contributed by atoms with van der Waals surface area (Å²) in [5.74, 6) is 0.519. The third-order valence-corrected chi connectivity index (χ3v) is 3.45. The number of anilines is 1. The average Bonchev–Trinajstić information content (AvgIpc) is 2.91. The van der Waals surface area contributed by atoms with Crippen LogP contribution in [0.5, 0.6) is 0 Å². The second-order valence-corrected chi connectivity index (χ2v) is 4.74. The summed E-state index contributed by atoms with van der Waals surface area (Å²) in [4.78, 5) is 21.9. The first-order valence-corrected chi connectivity index (χ1v) is 6.88. The van der Waals surface area contributed by atoms with Crippen molar-refractivity contribution in [2.45, 2.75) is 13.0 Å². The van der Waals surface area contributed by atoms with Crippen LogP contribution in [0.2, 0.25) is 0 Å². The second kappa shape index (κ2) is 5.50. The number of aromatic nitrogens is 2. The molecule has 1 atom stereocenters. The summed E-state index contributed by atoms with van der Waals surface area (Å²) in [5.41, 5.74) is 1.88. The zero-order chi connectivity index (χ0) is 13.9. The highest BCUT2D eigenvalue weighted by atomic mass is 16.5. The summed E-state index contributed by atoms with van der Waals surface area (Å²) < 4.78 is 5.14. The molecular formula is C14H18N4O2. The lowest BCUT2D eigenvalue weighted by molar-refractivity contribution is -0.144. The number of carbonyl (C=O) groups is 1. The number of esters is 1. The van der Waals surface area contributed by atoms with Gasteiger partial charge in [-0.25, -0.2) is 9.78 Å². The monoisotopic (exact) mass is 274 g/mol. The lowest BCUT2D eigenvalue weighted by Gasteiger charge is -2.34. The van der Waals surface area contributed by atoms with Crippen molar-refractivity contribution in [1.82, 2.24) is 15.3 Å². The van der Waals surface area contributed by atoms with E-state index in [4.69, 9.17) is 4.74 Å². The smallest absolute Gasteiger partial charge is 0.330 e. The molecule has 1 fully saturated rings. The lowest BCUT2D eigenvalue weighted by Crippen LogP contribution is -2.56. The van der Waals surface area contributed by atoms with Crippen molar-refractivity contribution in [2.75, 3.05) is 31.1 Å². The number of carbonyl (C=O) groups excluding carboxylic acids is 1. The van der Waals surface area contributed by atoms with Gasteiger partial charge in [-0.2, -0.15) is 0 Å². The van der Waals surface area contributed by atoms with Crippen molar-refractivity contribution >= 4 is 23.0 Å². The van der Waals surface area contributed by atoms with Gasteiger partial charge in [-0.15, -0.1) is 0 Å². The van der Waals surface area contributed by atoms with Gasteiger partial charge in [-0.05, 0) is 19.1 Å². The Kier molecular flexibility index (Phi) is 3.56. The molecule has 1 aromatic heterocycles. The molecular weight excluding hydrogens is 256 g/mol. The van der Waals surface area contributed by atoms with E-state index in [1.54, 1.807) is 0 Å². The Labute approximate surface area is 117 Å². The van der Waals surface area contributed by atoms with Crippen LogP contribution in [0.15, 0.2) is 24.3 Å². The van der Waals surface area contributed by atoms with Crippen LogP contribution in [0.3, 0.4) is 0 Å². The molecule has 20 heavy (non-hydrogen) atoms. The maximum absolute atomic E-state index is 12.1. The molecule has 1 aliphatic heterocycles. The van der Waals surface area contributed by atoms with E-state index in [2.05, 4.69) is 15.3 Å². The molecule has 2 heterocycles. The molecule has 0 amide bonds. The number of hydrogen-bond acceptors (Lipinski definition) is 5. The number of rotatable bonds is 3. The zero-order valence-electron chi connectivity index (χ0n) is 11.4. The first-order chi connectivity index (χ1) is 9.79. The zero-order valence-corrected chi connectivity index (χ0v) is 11.4. The molecule has 1 aliphatic rings. The third-order valence-electron chi connectivity index (χ3n) is 3.45. The van der Waals surface area contributed by atoms with Crippen molar-refractivity contribution in [3.05, 3.63) is 24.3 Å². The number of aromatic amines is 1. The molecule has 0 radical (unpaired) electrons. The molecule has 2 N–H and O–H groups in total. The maximum atomic E-state index is 12.1. The van der Waals surface area contributed by atoms with Crippen LogP contribution in [-0.4, -0.2) is 48.2 Å². The largest absolute Gasteiger partial charge is 0.464 e. The molecule has 3 rings (SSSR count). The number of H-pyrrole nitrogens is 1. The van der Waals surface area contributed by atoms with Gasteiger partial charge in [-0.1, -0.05) is 12.1 Å². The number of imidazole rings is 1. The van der Waals surface area contributed by atoms with E-state index in [9.17, 15) is 4.79 Å². The third kappa shape index (κ3) is 2.34. The summed E-state index contributed by atoms with van der Waals surface area (Å²) in [6.07, 6.45) is 0. The van der Waals surface area contributed by atoms with Crippen molar-refractivity contribution in [3.8, 4) is 0 Å². The van der Waals surface area contributed by atoms with Crippen LogP contribution in [0.1, 0.15) is 6.92 Å². The Bertz CT molecular complexity index is 577. The minimum absolute atomic E-state index is 0.208. The molecule has 6 heteroatoms. The molecule has 1 aromatic carbocycles. The molecule has 0 bridgehead atoms. The first-order valence-electron chi connectivity index (χ1n) is 6.88. The van der Waals surface area contributed by atoms with Gasteiger partial charge in [0.1, 0.15) is 6.04 Å². The van der Waals surface area contributed by atoms with Crippen LogP contribution in [0.4, 0.5) is 5.95 Å². The SMILES string of the molecule is CCOC(=O)C1CNCCN1c1nc2ccccc2[nH]1. The maximum Gasteiger partial charge on any atom is 0.330 e. The number of benzene rings is 1. The second-order valence-electron chi connectivity index (χ2n) is 4.74. The van der Waals surface area contributed by atoms with Gasteiger partial charge < -0.3 is 19.9 Å². The highest BCUT2D eigenvalue weighted by molar-refractivity contribution is 5.82. The lowest BCUT2D eigenvalue weighted by atomic mass is 10.2. The standard InChI is InChI=1S/C14H18N4O2/c1-2-20-13(19)12-9-15-7-8-18(12)14-16-10-5-3-4-6-11(10)17-14/h3-6,12,15H,2,7-9H2,1H3,(H,16,17). The fourth-order valence-electron chi connectivity index (χ4n) is 2.48. The number of nitrogens with zero attached hydrogens (tertiary/aromatic N) is 2. The quantitative estimate of drug-likeness (QED) is 0.814. The molecule has 2 aromatic rings. The van der Waals surface area contributed by atoms with E-state index in [1.165, 1.54) is 0 Å². The summed E-state index contributed by atoms with van der Waals surface area (Å²) in [6, 6.07) is 7.52. The van der Waals surface area contributed by atoms with E-state index in [-0.39, 0.29) is 12.0 Å². The fourth-order valence-corrected chi connectivity index (χ4v) is 2.48. The van der Waals surface area contributed by atoms with E-state index >= 15 is 0 Å². The Balaban J connectivity index is 1.90. The Morgan fingerprint density at radius 3 is 3.15 bits per heavy atom. The summed E-state index contributed by atoms with van der Waals surface area (Å²) >= 11 is 0. The highest BCUT2D eigenvalue weighted by Gasteiger charge is 2.31. The van der Waals surface area contributed by atoms with Crippen LogP contribution in [-0.2, 0) is 9.53 Å². The van der Waals surface area contributed by atoms with E-state index < -0.39 is 0 Å². The van der Waals surface area contributed by atoms with Crippen molar-refractivity contribution in [1.29, 1.82) is 0 Å². The van der Waals surface area contributed by atoms with Crippen LogP contribution in [0, 0.1) is 0 Å². The topological polar surface area (TPSA) is 70.2 Å². The van der Waals surface area contributed by atoms with Crippen LogP contribution in [0.25, 0.3) is 11.0 Å². The number of para-hydroxylation sites is 2.